The average Bonchev–Trinajstić information content (AvgIpc) is 3.05. The smallest absolute Gasteiger partial charge is 0.321 e. The summed E-state index contributed by atoms with van der Waals surface area (Å²) >= 11 is 12.9. The number of nitrogens with zero attached hydrogens (tertiary/aromatic N) is 2. The number of urea groups is 1. The maximum Gasteiger partial charge on any atom is 0.321 e. The van der Waals surface area contributed by atoms with Crippen LogP contribution in [0.15, 0.2) is 53.2 Å². The molecule has 33 heavy (non-hydrogen) atoms. The van der Waals surface area contributed by atoms with Crippen LogP contribution in [0.2, 0.25) is 10.0 Å². The highest BCUT2D eigenvalue weighted by atomic mass is 35.5. The number of para-hydroxylation sites is 1. The Hall–Kier alpha value is -2.88. The minimum atomic E-state index is -0.808. The number of imide groups is 1. The van der Waals surface area contributed by atoms with Crippen LogP contribution >= 0.6 is 35.0 Å². The number of hydrogen-bond donors (Lipinski definition) is 2. The second kappa shape index (κ2) is 10.8. The largest absolute Gasteiger partial charge is 0.338 e. The first kappa shape index (κ1) is 24.8. The Morgan fingerprint density at radius 3 is 2.61 bits per heavy atom. The molecular formula is C22H19Cl2FN4O3S. The lowest BCUT2D eigenvalue weighted by molar-refractivity contribution is -0.119. The molecule has 2 N–H and O–H groups in total. The topological polar surface area (TPSA) is 90.9 Å². The normalized spacial score (nSPS) is 15.4. The fraction of sp³-hybridized carbons (Fsp3) is 0.182. The van der Waals surface area contributed by atoms with Gasteiger partial charge in [-0.25, -0.2) is 14.2 Å². The Morgan fingerprint density at radius 1 is 1.21 bits per heavy atom. The molecule has 3 rings (SSSR count). The number of aliphatic imine (C=N–C) groups is 1. The molecule has 2 aromatic carbocycles. The van der Waals surface area contributed by atoms with Gasteiger partial charge in [-0.05, 0) is 49.8 Å². The number of amides is 4. The fourth-order valence-electron chi connectivity index (χ4n) is 2.81. The van der Waals surface area contributed by atoms with E-state index in [1.54, 1.807) is 38.1 Å². The number of nitrogens with one attached hydrogen (secondary N) is 2. The van der Waals surface area contributed by atoms with Crippen LogP contribution in [-0.2, 0) is 9.59 Å². The lowest BCUT2D eigenvalue weighted by atomic mass is 10.2. The minimum absolute atomic E-state index is 0.0115. The number of carbonyl (C=O) groups excluding carboxylic acids is 3. The van der Waals surface area contributed by atoms with Crippen molar-refractivity contribution in [2.45, 2.75) is 19.1 Å². The zero-order valence-electron chi connectivity index (χ0n) is 17.6. The van der Waals surface area contributed by atoms with Gasteiger partial charge >= 0.3 is 6.03 Å². The average molecular weight is 509 g/mol. The molecule has 11 heteroatoms. The Morgan fingerprint density at radius 2 is 1.94 bits per heavy atom. The molecule has 172 valence electrons. The summed E-state index contributed by atoms with van der Waals surface area (Å²) in [6, 6.07) is 9.91. The van der Waals surface area contributed by atoms with Crippen LogP contribution in [-0.4, -0.2) is 34.8 Å². The van der Waals surface area contributed by atoms with Gasteiger partial charge in [-0.15, -0.1) is 0 Å². The number of rotatable bonds is 5. The first-order chi connectivity index (χ1) is 15.7. The van der Waals surface area contributed by atoms with Crippen molar-refractivity contribution >= 4 is 69.7 Å². The van der Waals surface area contributed by atoms with Crippen LogP contribution in [0.3, 0.4) is 0 Å². The van der Waals surface area contributed by atoms with Crippen LogP contribution in [0.25, 0.3) is 6.08 Å². The highest BCUT2D eigenvalue weighted by molar-refractivity contribution is 8.15. The van der Waals surface area contributed by atoms with E-state index in [0.717, 1.165) is 16.7 Å². The van der Waals surface area contributed by atoms with Gasteiger partial charge in [0, 0.05) is 6.54 Å². The van der Waals surface area contributed by atoms with E-state index < -0.39 is 28.9 Å². The van der Waals surface area contributed by atoms with Crippen molar-refractivity contribution in [1.82, 2.24) is 10.6 Å². The third kappa shape index (κ3) is 5.93. The molecule has 0 aliphatic carbocycles. The number of benzene rings is 2. The molecule has 1 atom stereocenters. The molecule has 0 saturated heterocycles. The summed E-state index contributed by atoms with van der Waals surface area (Å²) in [5.74, 6) is -1.80. The first-order valence-corrected chi connectivity index (χ1v) is 11.4. The summed E-state index contributed by atoms with van der Waals surface area (Å²) in [6.45, 7) is 3.62. The predicted molar refractivity (Wildman–Crippen MR) is 130 cm³/mol. The fourth-order valence-corrected chi connectivity index (χ4v) is 4.04. The van der Waals surface area contributed by atoms with Gasteiger partial charge in [0.1, 0.15) is 11.5 Å². The molecule has 0 radical (unpaired) electrons. The molecule has 1 unspecified atom stereocenters. The zero-order valence-corrected chi connectivity index (χ0v) is 19.9. The van der Waals surface area contributed by atoms with Crippen LogP contribution in [0, 0.1) is 5.82 Å². The summed E-state index contributed by atoms with van der Waals surface area (Å²) in [4.78, 5) is 42.7. The van der Waals surface area contributed by atoms with E-state index in [1.807, 2.05) is 0 Å². The van der Waals surface area contributed by atoms with Gasteiger partial charge in [0.05, 0.1) is 21.0 Å². The summed E-state index contributed by atoms with van der Waals surface area (Å²) in [6.07, 6.45) is 1.49. The lowest BCUT2D eigenvalue weighted by Crippen LogP contribution is -2.43. The maximum absolute atomic E-state index is 14.6. The summed E-state index contributed by atoms with van der Waals surface area (Å²) in [5.41, 5.74) is 0.580. The van der Waals surface area contributed by atoms with Gasteiger partial charge in [0.25, 0.3) is 5.91 Å². The standard InChI is InChI=1S/C22H19Cl2FN4O3S/c1-3-26-21(32)28-19(30)12(2)33-22-27-17(11-13-8-9-14(23)15(24)10-13)20(31)29(22)18-7-5-4-6-16(18)25/h4-12H,3H2,1-2H3,(H2,26,28,30,32)/b17-11-. The Balaban J connectivity index is 1.94. The summed E-state index contributed by atoms with van der Waals surface area (Å²) < 4.78 is 14.6. The molecule has 1 heterocycles. The Labute approximate surface area is 204 Å². The van der Waals surface area contributed by atoms with E-state index in [4.69, 9.17) is 23.2 Å². The van der Waals surface area contributed by atoms with Gasteiger partial charge in [-0.2, -0.15) is 0 Å². The molecule has 0 spiro atoms. The van der Waals surface area contributed by atoms with Crippen LogP contribution in [0.5, 0.6) is 0 Å². The monoisotopic (exact) mass is 508 g/mol. The van der Waals surface area contributed by atoms with Crippen LogP contribution < -0.4 is 15.5 Å². The molecule has 4 amide bonds. The third-order valence-electron chi connectivity index (χ3n) is 4.40. The lowest BCUT2D eigenvalue weighted by Gasteiger charge is -2.20. The Bertz CT molecular complexity index is 1170. The second-order valence-corrected chi connectivity index (χ2v) is 8.92. The van der Waals surface area contributed by atoms with Gasteiger partial charge in [-0.1, -0.05) is 53.2 Å². The van der Waals surface area contributed by atoms with E-state index in [0.29, 0.717) is 22.2 Å². The number of carbonyl (C=O) groups is 3. The number of hydrogen-bond acceptors (Lipinski definition) is 5. The number of anilines is 1. The van der Waals surface area contributed by atoms with Gasteiger partial charge < -0.3 is 5.32 Å². The summed E-state index contributed by atoms with van der Waals surface area (Å²) in [5, 5.41) is 4.62. The van der Waals surface area contributed by atoms with E-state index in [2.05, 4.69) is 15.6 Å². The second-order valence-electron chi connectivity index (χ2n) is 6.80. The minimum Gasteiger partial charge on any atom is -0.338 e. The highest BCUT2D eigenvalue weighted by Gasteiger charge is 2.35. The van der Waals surface area contributed by atoms with Crippen LogP contribution in [0.4, 0.5) is 14.9 Å². The molecule has 2 aromatic rings. The van der Waals surface area contributed by atoms with Crippen molar-refractivity contribution in [1.29, 1.82) is 0 Å². The van der Waals surface area contributed by atoms with E-state index >= 15 is 0 Å². The number of amidine groups is 1. The van der Waals surface area contributed by atoms with Crippen LogP contribution in [0.1, 0.15) is 19.4 Å². The zero-order chi connectivity index (χ0) is 24.1. The maximum atomic E-state index is 14.6. The predicted octanol–water partition coefficient (Wildman–Crippen LogP) is 4.84. The third-order valence-corrected chi connectivity index (χ3v) is 6.19. The first-order valence-electron chi connectivity index (χ1n) is 9.81. The van der Waals surface area contributed by atoms with E-state index in [9.17, 15) is 18.8 Å². The molecule has 0 bridgehead atoms. The molecule has 7 nitrogen and oxygen atoms in total. The molecular weight excluding hydrogens is 490 g/mol. The summed E-state index contributed by atoms with van der Waals surface area (Å²) in [7, 11) is 0. The van der Waals surface area contributed by atoms with Crippen molar-refractivity contribution in [3.05, 3.63) is 69.6 Å². The van der Waals surface area contributed by atoms with Gasteiger partial charge in [0.15, 0.2) is 5.17 Å². The number of thioether (sulfide) groups is 1. The van der Waals surface area contributed by atoms with Gasteiger partial charge in [-0.3, -0.25) is 19.8 Å². The van der Waals surface area contributed by atoms with Crippen molar-refractivity contribution in [3.63, 3.8) is 0 Å². The quantitative estimate of drug-likeness (QED) is 0.565. The molecule has 0 saturated carbocycles. The van der Waals surface area contributed by atoms with Crippen molar-refractivity contribution < 1.29 is 18.8 Å². The molecule has 1 aliphatic heterocycles. The highest BCUT2D eigenvalue weighted by Crippen LogP contribution is 2.33. The van der Waals surface area contributed by atoms with Crippen molar-refractivity contribution in [2.24, 2.45) is 4.99 Å². The Kier molecular flexibility index (Phi) is 8.12. The van der Waals surface area contributed by atoms with Gasteiger partial charge in [0.2, 0.25) is 5.91 Å². The molecule has 0 fully saturated rings. The molecule has 0 aromatic heterocycles. The van der Waals surface area contributed by atoms with Crippen molar-refractivity contribution in [3.8, 4) is 0 Å². The number of halogens is 3. The van der Waals surface area contributed by atoms with E-state index in [1.165, 1.54) is 24.3 Å². The molecule has 1 aliphatic rings. The van der Waals surface area contributed by atoms with E-state index in [-0.39, 0.29) is 16.6 Å². The SMILES string of the molecule is CCNC(=O)NC(=O)C(C)SC1=N/C(=C\c2ccc(Cl)c(Cl)c2)C(=O)N1c1ccccc1F. The van der Waals surface area contributed by atoms with Crippen molar-refractivity contribution in [2.75, 3.05) is 11.4 Å².